The Morgan fingerprint density at radius 3 is 2.92 bits per heavy atom. The SMILES string of the molecule is CCC(=O)N1N=C(c2cccs2)CC1c1cc2cc(C)ccc2nc1Cl. The van der Waals surface area contributed by atoms with Crippen LogP contribution in [0.1, 0.15) is 41.8 Å². The number of pyridine rings is 1. The van der Waals surface area contributed by atoms with Crippen molar-refractivity contribution in [3.8, 4) is 0 Å². The van der Waals surface area contributed by atoms with Gasteiger partial charge in [0.25, 0.3) is 0 Å². The van der Waals surface area contributed by atoms with E-state index in [0.29, 0.717) is 18.0 Å². The van der Waals surface area contributed by atoms with E-state index in [0.717, 1.165) is 32.6 Å². The standard InChI is InChI=1S/C20H18ClN3OS/c1-3-19(25)24-17(11-16(23-24)18-5-4-8-26-18)14-10-13-9-12(2)6-7-15(13)22-20(14)21/h4-10,17H,3,11H2,1-2H3. The Balaban J connectivity index is 1.79. The van der Waals surface area contributed by atoms with E-state index in [1.54, 1.807) is 16.3 Å². The number of benzene rings is 1. The molecule has 0 aliphatic carbocycles. The molecule has 1 aromatic carbocycles. The number of rotatable bonds is 3. The quantitative estimate of drug-likeness (QED) is 0.572. The molecule has 0 fully saturated rings. The highest BCUT2D eigenvalue weighted by Gasteiger charge is 2.34. The number of thiophene rings is 1. The molecule has 4 rings (SSSR count). The van der Waals surface area contributed by atoms with E-state index in [-0.39, 0.29) is 11.9 Å². The van der Waals surface area contributed by atoms with Crippen molar-refractivity contribution in [2.45, 2.75) is 32.7 Å². The minimum Gasteiger partial charge on any atom is -0.273 e. The predicted octanol–water partition coefficient (Wildman–Crippen LogP) is 5.35. The minimum absolute atomic E-state index is 0.0121. The molecule has 1 aliphatic rings. The summed E-state index contributed by atoms with van der Waals surface area (Å²) in [5, 5.41) is 9.68. The molecule has 3 aromatic rings. The van der Waals surface area contributed by atoms with Gasteiger partial charge in [0.2, 0.25) is 5.91 Å². The number of carbonyl (C=O) groups excluding carboxylic acids is 1. The molecule has 3 heterocycles. The maximum Gasteiger partial charge on any atom is 0.242 e. The fraction of sp³-hybridized carbons (Fsp3) is 0.250. The molecule has 1 unspecified atom stereocenters. The summed E-state index contributed by atoms with van der Waals surface area (Å²) >= 11 is 8.14. The molecule has 0 saturated heterocycles. The summed E-state index contributed by atoms with van der Waals surface area (Å²) in [6.45, 7) is 3.90. The lowest BCUT2D eigenvalue weighted by Gasteiger charge is -2.22. The lowest BCUT2D eigenvalue weighted by Crippen LogP contribution is -2.26. The number of nitrogens with zero attached hydrogens (tertiary/aromatic N) is 3. The third-order valence-electron chi connectivity index (χ3n) is 4.58. The van der Waals surface area contributed by atoms with Gasteiger partial charge in [-0.25, -0.2) is 9.99 Å². The number of amides is 1. The van der Waals surface area contributed by atoms with Gasteiger partial charge in [0.1, 0.15) is 5.15 Å². The van der Waals surface area contributed by atoms with Crippen LogP contribution in [0.4, 0.5) is 0 Å². The largest absolute Gasteiger partial charge is 0.273 e. The lowest BCUT2D eigenvalue weighted by molar-refractivity contribution is -0.132. The van der Waals surface area contributed by atoms with E-state index in [1.165, 1.54) is 0 Å². The molecule has 2 aromatic heterocycles. The molecule has 4 nitrogen and oxygen atoms in total. The van der Waals surface area contributed by atoms with Crippen molar-refractivity contribution in [1.82, 2.24) is 9.99 Å². The van der Waals surface area contributed by atoms with Crippen LogP contribution in [0.3, 0.4) is 0 Å². The average Bonchev–Trinajstić information content (AvgIpc) is 3.30. The molecular weight excluding hydrogens is 366 g/mol. The van der Waals surface area contributed by atoms with E-state index in [9.17, 15) is 4.79 Å². The maximum absolute atomic E-state index is 12.5. The monoisotopic (exact) mass is 383 g/mol. The number of hydrogen-bond donors (Lipinski definition) is 0. The molecule has 1 atom stereocenters. The fourth-order valence-electron chi connectivity index (χ4n) is 3.26. The van der Waals surface area contributed by atoms with Crippen LogP contribution in [-0.4, -0.2) is 21.6 Å². The molecule has 0 radical (unpaired) electrons. The Morgan fingerprint density at radius 1 is 1.35 bits per heavy atom. The number of carbonyl (C=O) groups is 1. The zero-order chi connectivity index (χ0) is 18.3. The average molecular weight is 384 g/mol. The summed E-state index contributed by atoms with van der Waals surface area (Å²) in [7, 11) is 0. The van der Waals surface area contributed by atoms with Gasteiger partial charge in [0.05, 0.1) is 22.1 Å². The number of hydrazone groups is 1. The second-order valence-corrected chi connectivity index (χ2v) is 7.71. The maximum atomic E-state index is 12.5. The zero-order valence-electron chi connectivity index (χ0n) is 14.6. The first-order chi connectivity index (χ1) is 12.6. The predicted molar refractivity (Wildman–Crippen MR) is 107 cm³/mol. The van der Waals surface area contributed by atoms with Gasteiger partial charge < -0.3 is 0 Å². The molecule has 6 heteroatoms. The molecule has 0 saturated carbocycles. The van der Waals surface area contributed by atoms with E-state index in [4.69, 9.17) is 11.6 Å². The van der Waals surface area contributed by atoms with Crippen LogP contribution in [0.2, 0.25) is 5.15 Å². The van der Waals surface area contributed by atoms with Gasteiger partial charge >= 0.3 is 0 Å². The summed E-state index contributed by atoms with van der Waals surface area (Å²) in [6, 6.07) is 11.9. The van der Waals surface area contributed by atoms with Gasteiger partial charge in [-0.15, -0.1) is 11.3 Å². The van der Waals surface area contributed by atoms with Crippen molar-refractivity contribution < 1.29 is 4.79 Å². The van der Waals surface area contributed by atoms with Crippen molar-refractivity contribution in [1.29, 1.82) is 0 Å². The van der Waals surface area contributed by atoms with Crippen molar-refractivity contribution in [3.63, 3.8) is 0 Å². The van der Waals surface area contributed by atoms with Crippen molar-refractivity contribution >= 4 is 45.5 Å². The Hall–Kier alpha value is -2.24. The van der Waals surface area contributed by atoms with Crippen LogP contribution >= 0.6 is 22.9 Å². The van der Waals surface area contributed by atoms with Gasteiger partial charge in [0, 0.05) is 23.8 Å². The number of halogens is 1. The van der Waals surface area contributed by atoms with E-state index in [1.807, 2.05) is 49.6 Å². The lowest BCUT2D eigenvalue weighted by atomic mass is 10.0. The third-order valence-corrected chi connectivity index (χ3v) is 5.81. The molecule has 26 heavy (non-hydrogen) atoms. The summed E-state index contributed by atoms with van der Waals surface area (Å²) in [6.07, 6.45) is 1.04. The van der Waals surface area contributed by atoms with E-state index < -0.39 is 0 Å². The van der Waals surface area contributed by atoms with Crippen LogP contribution < -0.4 is 0 Å². The summed E-state index contributed by atoms with van der Waals surface area (Å²) < 4.78 is 0. The van der Waals surface area contributed by atoms with Crippen LogP contribution in [0.15, 0.2) is 46.9 Å². The van der Waals surface area contributed by atoms with E-state index >= 15 is 0 Å². The first-order valence-corrected chi connectivity index (χ1v) is 9.83. The number of hydrogen-bond acceptors (Lipinski definition) is 4. The van der Waals surface area contributed by atoms with Crippen molar-refractivity contribution in [2.75, 3.05) is 0 Å². The first kappa shape index (κ1) is 17.2. The molecule has 1 aliphatic heterocycles. The smallest absolute Gasteiger partial charge is 0.242 e. The first-order valence-electron chi connectivity index (χ1n) is 8.57. The van der Waals surface area contributed by atoms with Gasteiger partial charge in [-0.05, 0) is 36.6 Å². The number of fused-ring (bicyclic) bond motifs is 1. The highest BCUT2D eigenvalue weighted by atomic mass is 35.5. The van der Waals surface area contributed by atoms with Gasteiger partial charge in [-0.1, -0.05) is 36.2 Å². The highest BCUT2D eigenvalue weighted by Crippen LogP contribution is 2.38. The molecular formula is C20H18ClN3OS. The molecule has 0 spiro atoms. The van der Waals surface area contributed by atoms with Crippen molar-refractivity contribution in [2.24, 2.45) is 5.10 Å². The topological polar surface area (TPSA) is 45.6 Å². The van der Waals surface area contributed by atoms with Gasteiger partial charge in [0.15, 0.2) is 0 Å². The second kappa shape index (κ2) is 6.82. The van der Waals surface area contributed by atoms with Crippen LogP contribution in [-0.2, 0) is 4.79 Å². The molecule has 1 amide bonds. The van der Waals surface area contributed by atoms with Gasteiger partial charge in [-0.2, -0.15) is 5.10 Å². The van der Waals surface area contributed by atoms with Gasteiger partial charge in [-0.3, -0.25) is 4.79 Å². The molecule has 132 valence electrons. The number of aryl methyl sites for hydroxylation is 1. The van der Waals surface area contributed by atoms with Crippen LogP contribution in [0.5, 0.6) is 0 Å². The second-order valence-electron chi connectivity index (χ2n) is 6.40. The Morgan fingerprint density at radius 2 is 2.19 bits per heavy atom. The zero-order valence-corrected chi connectivity index (χ0v) is 16.1. The summed E-state index contributed by atoms with van der Waals surface area (Å²) in [4.78, 5) is 18.1. The van der Waals surface area contributed by atoms with Crippen molar-refractivity contribution in [3.05, 3.63) is 62.9 Å². The normalized spacial score (nSPS) is 17.0. The van der Waals surface area contributed by atoms with E-state index in [2.05, 4.69) is 16.2 Å². The summed E-state index contributed by atoms with van der Waals surface area (Å²) in [5.41, 5.74) is 3.79. The molecule has 0 bridgehead atoms. The highest BCUT2D eigenvalue weighted by molar-refractivity contribution is 7.12. The Labute approximate surface area is 161 Å². The Bertz CT molecular complexity index is 1010. The minimum atomic E-state index is -0.218. The Kier molecular flexibility index (Phi) is 4.51. The van der Waals surface area contributed by atoms with Crippen LogP contribution in [0, 0.1) is 6.92 Å². The fourth-order valence-corrected chi connectivity index (χ4v) is 4.25. The van der Waals surface area contributed by atoms with Crippen LogP contribution in [0.25, 0.3) is 10.9 Å². The molecule has 0 N–H and O–H groups in total. The summed E-state index contributed by atoms with van der Waals surface area (Å²) in [5.74, 6) is -0.0121. The third kappa shape index (κ3) is 3.02. The number of aromatic nitrogens is 1.